The fourth-order valence-electron chi connectivity index (χ4n) is 3.69. The number of nitriles is 1. The van der Waals surface area contributed by atoms with Crippen molar-refractivity contribution >= 4 is 22.6 Å². The molecule has 3 rings (SSSR count). The van der Waals surface area contributed by atoms with Gasteiger partial charge < -0.3 is 9.84 Å². The first kappa shape index (κ1) is 21.2. The first-order valence-corrected chi connectivity index (χ1v) is 9.80. The zero-order valence-electron chi connectivity index (χ0n) is 17.4. The van der Waals surface area contributed by atoms with Gasteiger partial charge in [0.2, 0.25) is 0 Å². The number of rotatable bonds is 7. The minimum absolute atomic E-state index is 0.0558. The molecule has 0 radical (unpaired) electrons. The summed E-state index contributed by atoms with van der Waals surface area (Å²) in [6.07, 6.45) is 2.20. The number of aromatic carboxylic acids is 1. The number of halogens is 1. The van der Waals surface area contributed by atoms with E-state index in [2.05, 4.69) is 6.07 Å². The van der Waals surface area contributed by atoms with E-state index >= 15 is 4.39 Å². The Morgan fingerprint density at radius 1 is 1.33 bits per heavy atom. The second-order valence-corrected chi connectivity index (χ2v) is 7.08. The summed E-state index contributed by atoms with van der Waals surface area (Å²) in [5.41, 5.74) is 1.80. The molecular formula is C23H24FN3O3. The summed E-state index contributed by atoms with van der Waals surface area (Å²) in [6.45, 7) is 6.15. The van der Waals surface area contributed by atoms with Crippen molar-refractivity contribution in [2.45, 2.75) is 33.1 Å². The van der Waals surface area contributed by atoms with Crippen LogP contribution < -0.4 is 9.75 Å². The van der Waals surface area contributed by atoms with Crippen LogP contribution in [0.25, 0.3) is 10.9 Å². The lowest BCUT2D eigenvalue weighted by Crippen LogP contribution is -2.30. The molecule has 0 saturated carbocycles. The van der Waals surface area contributed by atoms with Gasteiger partial charge in [-0.3, -0.25) is 9.69 Å². The maximum absolute atomic E-state index is 15.7. The van der Waals surface area contributed by atoms with Crippen LogP contribution in [0.5, 0.6) is 5.75 Å². The molecule has 3 aromatic rings. The highest BCUT2D eigenvalue weighted by Gasteiger charge is 2.24. The maximum Gasteiger partial charge on any atom is 0.337 e. The van der Waals surface area contributed by atoms with E-state index in [1.807, 2.05) is 20.8 Å². The number of fused-ring (bicyclic) bond motifs is 1. The summed E-state index contributed by atoms with van der Waals surface area (Å²) in [7, 11) is 1.51. The van der Waals surface area contributed by atoms with E-state index < -0.39 is 11.8 Å². The van der Waals surface area contributed by atoms with Crippen molar-refractivity contribution in [3.05, 3.63) is 59.0 Å². The van der Waals surface area contributed by atoms with Crippen molar-refractivity contribution in [2.24, 2.45) is 0 Å². The number of ether oxygens (including phenoxy) is 1. The lowest BCUT2D eigenvalue weighted by Gasteiger charge is -2.28. The van der Waals surface area contributed by atoms with E-state index in [1.165, 1.54) is 13.3 Å². The molecule has 1 N–H and O–H groups in total. The van der Waals surface area contributed by atoms with Crippen LogP contribution in [0.4, 0.5) is 10.1 Å². The Hall–Kier alpha value is -3.53. The van der Waals surface area contributed by atoms with Crippen molar-refractivity contribution in [1.82, 2.24) is 4.68 Å². The Balaban J connectivity index is 2.28. The van der Waals surface area contributed by atoms with Crippen molar-refractivity contribution < 1.29 is 19.0 Å². The Labute approximate surface area is 174 Å². The third-order valence-corrected chi connectivity index (χ3v) is 5.43. The summed E-state index contributed by atoms with van der Waals surface area (Å²) >= 11 is 0. The molecule has 0 aliphatic rings. The maximum atomic E-state index is 15.7. The van der Waals surface area contributed by atoms with Gasteiger partial charge in [-0.1, -0.05) is 19.9 Å². The lowest BCUT2D eigenvalue weighted by atomic mass is 9.96. The van der Waals surface area contributed by atoms with Gasteiger partial charge in [-0.2, -0.15) is 5.26 Å². The molecule has 1 aromatic heterocycles. The average Bonchev–Trinajstić information content (AvgIpc) is 3.13. The number of carboxylic acid groups (broad SMARTS) is 1. The number of carbonyl (C=O) groups is 1. The predicted octanol–water partition coefficient (Wildman–Crippen LogP) is 5.16. The lowest BCUT2D eigenvalue weighted by molar-refractivity contribution is 0.0699. The van der Waals surface area contributed by atoms with Crippen LogP contribution in [0.1, 0.15) is 54.6 Å². The van der Waals surface area contributed by atoms with E-state index in [0.717, 1.165) is 6.42 Å². The molecule has 30 heavy (non-hydrogen) atoms. The molecule has 0 saturated heterocycles. The van der Waals surface area contributed by atoms with E-state index in [0.29, 0.717) is 40.0 Å². The van der Waals surface area contributed by atoms with Crippen LogP contribution >= 0.6 is 0 Å². The van der Waals surface area contributed by atoms with E-state index in [1.54, 1.807) is 40.0 Å². The zero-order valence-corrected chi connectivity index (χ0v) is 17.4. The molecule has 0 aliphatic carbocycles. The number of anilines is 1. The van der Waals surface area contributed by atoms with Crippen molar-refractivity contribution in [3.8, 4) is 11.8 Å². The third kappa shape index (κ3) is 3.45. The Kier molecular flexibility index (Phi) is 5.97. The van der Waals surface area contributed by atoms with Crippen molar-refractivity contribution in [2.75, 3.05) is 18.7 Å². The molecule has 1 atom stereocenters. The topological polar surface area (TPSA) is 78.5 Å². The summed E-state index contributed by atoms with van der Waals surface area (Å²) in [6, 6.07) is 10.2. The van der Waals surface area contributed by atoms with Crippen molar-refractivity contribution in [1.29, 1.82) is 5.26 Å². The Morgan fingerprint density at radius 3 is 2.63 bits per heavy atom. The van der Waals surface area contributed by atoms with E-state index in [-0.39, 0.29) is 11.5 Å². The third-order valence-electron chi connectivity index (χ3n) is 5.43. The van der Waals surface area contributed by atoms with Gasteiger partial charge in [-0.15, -0.1) is 0 Å². The fourth-order valence-corrected chi connectivity index (χ4v) is 3.69. The molecule has 0 bridgehead atoms. The van der Waals surface area contributed by atoms with Crippen LogP contribution in [-0.4, -0.2) is 29.4 Å². The number of methoxy groups -OCH3 is 1. The highest BCUT2D eigenvalue weighted by molar-refractivity contribution is 6.04. The highest BCUT2D eigenvalue weighted by Crippen LogP contribution is 2.37. The van der Waals surface area contributed by atoms with Crippen LogP contribution in [-0.2, 0) is 0 Å². The average molecular weight is 409 g/mol. The van der Waals surface area contributed by atoms with E-state index in [9.17, 15) is 15.2 Å². The zero-order chi connectivity index (χ0) is 22.0. The first-order valence-electron chi connectivity index (χ1n) is 9.80. The number of hydrogen-bond donors (Lipinski definition) is 1. The Morgan fingerprint density at radius 2 is 2.07 bits per heavy atom. The second kappa shape index (κ2) is 8.46. The van der Waals surface area contributed by atoms with Gasteiger partial charge in [-0.05, 0) is 43.5 Å². The molecule has 0 aliphatic heterocycles. The van der Waals surface area contributed by atoms with Crippen LogP contribution in [0.15, 0.2) is 36.5 Å². The van der Waals surface area contributed by atoms with Gasteiger partial charge in [0.1, 0.15) is 5.75 Å². The monoisotopic (exact) mass is 409 g/mol. The van der Waals surface area contributed by atoms with Gasteiger partial charge in [0.25, 0.3) is 0 Å². The molecule has 7 heteroatoms. The molecule has 0 fully saturated rings. The van der Waals surface area contributed by atoms with Gasteiger partial charge in [-0.25, -0.2) is 9.18 Å². The Bertz CT molecular complexity index is 1150. The molecule has 1 heterocycles. The molecular weight excluding hydrogens is 385 g/mol. The molecule has 1 unspecified atom stereocenters. The molecule has 156 valence electrons. The highest BCUT2D eigenvalue weighted by atomic mass is 19.1. The summed E-state index contributed by atoms with van der Waals surface area (Å²) in [5, 5.41) is 21.1. The fraction of sp³-hybridized carbons (Fsp3) is 0.304. The normalized spacial score (nSPS) is 11.9. The van der Waals surface area contributed by atoms with Gasteiger partial charge in [0.05, 0.1) is 35.5 Å². The number of aromatic nitrogens is 1. The quantitative estimate of drug-likeness (QED) is 0.583. The van der Waals surface area contributed by atoms with Gasteiger partial charge >= 0.3 is 5.97 Å². The number of hydrogen-bond acceptors (Lipinski definition) is 4. The minimum atomic E-state index is -1.09. The summed E-state index contributed by atoms with van der Waals surface area (Å²) in [4.78, 5) is 11.8. The summed E-state index contributed by atoms with van der Waals surface area (Å²) < 4.78 is 22.7. The molecule has 0 amide bonds. The van der Waals surface area contributed by atoms with Crippen molar-refractivity contribution in [3.63, 3.8) is 0 Å². The van der Waals surface area contributed by atoms with Gasteiger partial charge in [0.15, 0.2) is 5.82 Å². The largest absolute Gasteiger partial charge is 0.496 e. The van der Waals surface area contributed by atoms with Crippen LogP contribution in [0.2, 0.25) is 0 Å². The number of carboxylic acids is 1. The smallest absolute Gasteiger partial charge is 0.337 e. The van der Waals surface area contributed by atoms with Crippen LogP contribution in [0, 0.1) is 17.1 Å². The summed E-state index contributed by atoms with van der Waals surface area (Å²) in [5.74, 6) is -1.06. The minimum Gasteiger partial charge on any atom is -0.496 e. The first-order chi connectivity index (χ1) is 14.4. The van der Waals surface area contributed by atoms with E-state index in [4.69, 9.17) is 4.74 Å². The SMILES string of the molecule is CCC(C)c1c(OC)ccc(N(CC)n2cc(C(=O)O)c3ccc(C#N)cc32)c1F. The standard InChI is InChI=1S/C23H24FN3O3/c1-5-14(3)21-20(30-4)10-9-18(22(21)24)26(6-2)27-13-17(23(28)29)16-8-7-15(12-25)11-19(16)27/h7-11,13-14H,5-6H2,1-4H3,(H,28,29). The molecule has 0 spiro atoms. The second-order valence-electron chi connectivity index (χ2n) is 7.08. The predicted molar refractivity (Wildman–Crippen MR) is 114 cm³/mol. The number of nitrogens with zero attached hydrogens (tertiary/aromatic N) is 3. The molecule has 2 aromatic carbocycles. The molecule has 6 nitrogen and oxygen atoms in total. The van der Waals surface area contributed by atoms with Crippen LogP contribution in [0.3, 0.4) is 0 Å². The number of benzene rings is 2. The van der Waals surface area contributed by atoms with Gasteiger partial charge in [0, 0.05) is 23.7 Å².